The van der Waals surface area contributed by atoms with E-state index in [0.717, 1.165) is 31.4 Å². The summed E-state index contributed by atoms with van der Waals surface area (Å²) in [6.45, 7) is 1.99. The van der Waals surface area contributed by atoms with Gasteiger partial charge < -0.3 is 14.9 Å². The number of hydrogen-bond donors (Lipinski definition) is 2. The molecule has 0 aromatic heterocycles. The Labute approximate surface area is 160 Å². The second-order valence-electron chi connectivity index (χ2n) is 7.07. The molecule has 5 heteroatoms. The minimum absolute atomic E-state index is 0.138. The summed E-state index contributed by atoms with van der Waals surface area (Å²) in [5.74, 6) is -0.621. The molecule has 2 N–H and O–H groups in total. The van der Waals surface area contributed by atoms with Crippen molar-refractivity contribution in [3.8, 4) is 5.75 Å². The van der Waals surface area contributed by atoms with Gasteiger partial charge in [0.15, 0.2) is 0 Å². The van der Waals surface area contributed by atoms with Gasteiger partial charge in [-0.25, -0.2) is 0 Å². The van der Waals surface area contributed by atoms with Gasteiger partial charge in [0, 0.05) is 12.6 Å². The second-order valence-corrected chi connectivity index (χ2v) is 7.07. The fraction of sp³-hybridized carbons (Fsp3) is 0.409. The third kappa shape index (κ3) is 5.55. The van der Waals surface area contributed by atoms with Crippen LogP contribution in [0.25, 0.3) is 0 Å². The normalized spacial score (nSPS) is 17.9. The minimum Gasteiger partial charge on any atom is -0.508 e. The van der Waals surface area contributed by atoms with Crippen molar-refractivity contribution >= 4 is 5.97 Å². The predicted octanol–water partition coefficient (Wildman–Crippen LogP) is 3.11. The number of benzene rings is 2. The maximum absolute atomic E-state index is 12.1. The van der Waals surface area contributed by atoms with Gasteiger partial charge in [-0.05, 0) is 55.5 Å². The molecule has 0 radical (unpaired) electrons. The molecule has 0 aliphatic carbocycles. The van der Waals surface area contributed by atoms with E-state index >= 15 is 0 Å². The lowest BCUT2D eigenvalue weighted by Gasteiger charge is -2.33. The van der Waals surface area contributed by atoms with E-state index in [-0.39, 0.29) is 11.8 Å². The third-order valence-electron chi connectivity index (χ3n) is 5.15. The van der Waals surface area contributed by atoms with E-state index < -0.39 is 12.0 Å². The van der Waals surface area contributed by atoms with Crippen molar-refractivity contribution in [2.45, 2.75) is 37.8 Å². The molecule has 1 fully saturated rings. The predicted molar refractivity (Wildman–Crippen MR) is 104 cm³/mol. The molecule has 2 atom stereocenters. The highest BCUT2D eigenvalue weighted by Gasteiger charge is 2.33. The molecule has 0 bridgehead atoms. The van der Waals surface area contributed by atoms with E-state index in [9.17, 15) is 15.0 Å². The van der Waals surface area contributed by atoms with Gasteiger partial charge in [0.25, 0.3) is 0 Å². The Balaban J connectivity index is 1.70. The first kappa shape index (κ1) is 19.4. The van der Waals surface area contributed by atoms with Gasteiger partial charge in [0.2, 0.25) is 0 Å². The van der Waals surface area contributed by atoms with Gasteiger partial charge >= 0.3 is 5.97 Å². The first-order valence-corrected chi connectivity index (χ1v) is 9.51. The number of ether oxygens (including phenoxy) is 1. The Kier molecular flexibility index (Phi) is 6.85. The monoisotopic (exact) mass is 369 g/mol. The Morgan fingerprint density at radius 2 is 1.85 bits per heavy atom. The highest BCUT2D eigenvalue weighted by Crippen LogP contribution is 2.21. The van der Waals surface area contributed by atoms with E-state index in [1.165, 1.54) is 5.56 Å². The number of nitrogens with zero attached hydrogens (tertiary/aromatic N) is 1. The van der Waals surface area contributed by atoms with Crippen LogP contribution in [0.2, 0.25) is 0 Å². The van der Waals surface area contributed by atoms with Crippen LogP contribution < -0.4 is 0 Å². The van der Waals surface area contributed by atoms with Crippen molar-refractivity contribution < 1.29 is 19.7 Å². The maximum Gasteiger partial charge on any atom is 0.321 e. The summed E-state index contributed by atoms with van der Waals surface area (Å²) in [6.07, 6.45) is 3.11. The van der Waals surface area contributed by atoms with Gasteiger partial charge in [-0.15, -0.1) is 0 Å². The lowest BCUT2D eigenvalue weighted by molar-refractivity contribution is -0.144. The molecule has 1 unspecified atom stereocenters. The molecule has 1 heterocycles. The van der Waals surface area contributed by atoms with Gasteiger partial charge in [-0.1, -0.05) is 42.5 Å². The van der Waals surface area contributed by atoms with Crippen LogP contribution in [-0.2, 0) is 22.4 Å². The van der Waals surface area contributed by atoms with E-state index in [0.29, 0.717) is 19.6 Å². The van der Waals surface area contributed by atoms with Crippen molar-refractivity contribution in [3.63, 3.8) is 0 Å². The van der Waals surface area contributed by atoms with Crippen LogP contribution in [0, 0.1) is 0 Å². The molecule has 0 saturated carbocycles. The molecule has 144 valence electrons. The first-order valence-electron chi connectivity index (χ1n) is 9.51. The van der Waals surface area contributed by atoms with Crippen LogP contribution in [0.15, 0.2) is 54.6 Å². The molecule has 1 saturated heterocycles. The zero-order valence-electron chi connectivity index (χ0n) is 15.5. The number of carboxylic acids is 1. The van der Waals surface area contributed by atoms with Crippen LogP contribution in [0.1, 0.15) is 24.0 Å². The maximum atomic E-state index is 12.1. The molecule has 0 spiro atoms. The molecule has 2 aromatic carbocycles. The zero-order valence-corrected chi connectivity index (χ0v) is 15.5. The Bertz CT molecular complexity index is 711. The first-order chi connectivity index (χ1) is 13.1. The lowest BCUT2D eigenvalue weighted by atomic mass is 10.0. The number of carboxylic acid groups (broad SMARTS) is 1. The van der Waals surface area contributed by atoms with Crippen LogP contribution in [0.3, 0.4) is 0 Å². The molecule has 1 aliphatic heterocycles. The molecule has 5 nitrogen and oxygen atoms in total. The molecule has 1 aliphatic rings. The quantitative estimate of drug-likeness (QED) is 0.711. The van der Waals surface area contributed by atoms with E-state index in [2.05, 4.69) is 17.0 Å². The summed E-state index contributed by atoms with van der Waals surface area (Å²) in [6, 6.07) is 16.6. The van der Waals surface area contributed by atoms with Gasteiger partial charge in [-0.2, -0.15) is 0 Å². The third-order valence-corrected chi connectivity index (χ3v) is 5.15. The summed E-state index contributed by atoms with van der Waals surface area (Å²) in [4.78, 5) is 14.2. The second kappa shape index (κ2) is 9.53. The topological polar surface area (TPSA) is 70.0 Å². The average Bonchev–Trinajstić information content (AvgIpc) is 3.20. The smallest absolute Gasteiger partial charge is 0.321 e. The van der Waals surface area contributed by atoms with Gasteiger partial charge in [-0.3, -0.25) is 9.69 Å². The lowest BCUT2D eigenvalue weighted by Crippen LogP contribution is -2.49. The summed E-state index contributed by atoms with van der Waals surface area (Å²) >= 11 is 0. The molecule has 0 amide bonds. The average molecular weight is 369 g/mol. The van der Waals surface area contributed by atoms with Crippen molar-refractivity contribution in [1.29, 1.82) is 0 Å². The number of hydrogen-bond acceptors (Lipinski definition) is 4. The standard InChI is InChI=1S/C22H27NO4/c24-20-10-8-18(9-11-20)15-21(22(25)26)23(19-12-14-27-16-19)13-4-7-17-5-2-1-3-6-17/h1-3,5-6,8-11,19,21,24H,4,7,12-16H2,(H,25,26)/t19?,21-/m0/s1. The number of aromatic hydroxyl groups is 1. The van der Waals surface area contributed by atoms with Crippen molar-refractivity contribution in [2.24, 2.45) is 0 Å². The molecule has 2 aromatic rings. The summed E-state index contributed by atoms with van der Waals surface area (Å²) in [7, 11) is 0. The number of aliphatic carboxylic acids is 1. The largest absolute Gasteiger partial charge is 0.508 e. The van der Waals surface area contributed by atoms with Crippen molar-refractivity contribution in [3.05, 3.63) is 65.7 Å². The van der Waals surface area contributed by atoms with E-state index in [4.69, 9.17) is 4.74 Å². The number of carbonyl (C=O) groups is 1. The fourth-order valence-corrected chi connectivity index (χ4v) is 3.69. The van der Waals surface area contributed by atoms with Crippen LogP contribution in [0.5, 0.6) is 5.75 Å². The summed E-state index contributed by atoms with van der Waals surface area (Å²) in [5.41, 5.74) is 2.18. The van der Waals surface area contributed by atoms with E-state index in [1.807, 2.05) is 18.2 Å². The van der Waals surface area contributed by atoms with Crippen molar-refractivity contribution in [1.82, 2.24) is 4.90 Å². The fourth-order valence-electron chi connectivity index (χ4n) is 3.69. The van der Waals surface area contributed by atoms with Crippen LogP contribution in [-0.4, -0.2) is 52.9 Å². The van der Waals surface area contributed by atoms with E-state index in [1.54, 1.807) is 24.3 Å². The summed E-state index contributed by atoms with van der Waals surface area (Å²) in [5, 5.41) is 19.4. The minimum atomic E-state index is -0.810. The number of rotatable bonds is 9. The Morgan fingerprint density at radius 1 is 1.11 bits per heavy atom. The molecule has 3 rings (SSSR count). The van der Waals surface area contributed by atoms with Gasteiger partial charge in [0.1, 0.15) is 11.8 Å². The number of phenolic OH excluding ortho intramolecular Hbond substituents is 1. The number of phenols is 1. The zero-order chi connectivity index (χ0) is 19.1. The summed E-state index contributed by atoms with van der Waals surface area (Å²) < 4.78 is 5.53. The highest BCUT2D eigenvalue weighted by molar-refractivity contribution is 5.74. The molecular weight excluding hydrogens is 342 g/mol. The SMILES string of the molecule is O=C(O)[C@H](Cc1ccc(O)cc1)N(CCCc1ccccc1)C1CCOC1. The Morgan fingerprint density at radius 3 is 2.48 bits per heavy atom. The van der Waals surface area contributed by atoms with Crippen molar-refractivity contribution in [2.75, 3.05) is 19.8 Å². The number of aryl methyl sites for hydroxylation is 1. The highest BCUT2D eigenvalue weighted by atomic mass is 16.5. The Hall–Kier alpha value is -2.37. The van der Waals surface area contributed by atoms with Gasteiger partial charge in [0.05, 0.1) is 6.61 Å². The molecule has 27 heavy (non-hydrogen) atoms. The molecular formula is C22H27NO4. The van der Waals surface area contributed by atoms with Crippen LogP contribution in [0.4, 0.5) is 0 Å². The van der Waals surface area contributed by atoms with Crippen LogP contribution >= 0.6 is 0 Å².